The Morgan fingerprint density at radius 2 is 1.93 bits per heavy atom. The van der Waals surface area contributed by atoms with Gasteiger partial charge in [-0.25, -0.2) is 0 Å². The van der Waals surface area contributed by atoms with E-state index < -0.39 is 23.8 Å². The van der Waals surface area contributed by atoms with Crippen molar-refractivity contribution in [1.29, 1.82) is 0 Å². The third-order valence-electron chi connectivity index (χ3n) is 5.92. The number of amides is 4. The monoisotopic (exact) mass is 400 g/mol. The van der Waals surface area contributed by atoms with Crippen molar-refractivity contribution in [2.45, 2.75) is 37.5 Å². The Hall–Kier alpha value is -2.62. The van der Waals surface area contributed by atoms with E-state index in [4.69, 9.17) is 4.74 Å². The zero-order valence-electron chi connectivity index (χ0n) is 16.2. The van der Waals surface area contributed by atoms with Crippen molar-refractivity contribution in [2.75, 3.05) is 26.7 Å². The average Bonchev–Trinajstić information content (AvgIpc) is 2.91. The first kappa shape index (κ1) is 19.7. The summed E-state index contributed by atoms with van der Waals surface area (Å²) in [4.78, 5) is 50.0. The maximum absolute atomic E-state index is 12.8. The number of piperidine rings is 1. The second kappa shape index (κ2) is 7.66. The highest BCUT2D eigenvalue weighted by atomic mass is 16.5. The molecule has 0 aliphatic carbocycles. The minimum Gasteiger partial charge on any atom is -0.376 e. The van der Waals surface area contributed by atoms with Crippen molar-refractivity contribution < 1.29 is 23.9 Å². The van der Waals surface area contributed by atoms with E-state index in [-0.39, 0.29) is 24.3 Å². The van der Waals surface area contributed by atoms with Gasteiger partial charge in [-0.05, 0) is 37.1 Å². The molecule has 0 aromatic heterocycles. The number of hydrogen-bond acceptors (Lipinski definition) is 7. The standard InChI is InChI=1S/C20H24N4O5/c1-29-20(10-22-11-20)6-7-21-9-12-2-3-13-14(8-12)19(28)24(18(13)27)15-4-5-16(25)23-17(15)26/h2-3,8,15,21-22H,4-7,9-11H2,1H3,(H,23,25,26). The molecule has 3 N–H and O–H groups in total. The number of fused-ring (bicyclic) bond motifs is 1. The topological polar surface area (TPSA) is 117 Å². The molecule has 1 atom stereocenters. The number of imide groups is 2. The zero-order valence-corrected chi connectivity index (χ0v) is 16.2. The molecular formula is C20H24N4O5. The van der Waals surface area contributed by atoms with E-state index >= 15 is 0 Å². The number of benzene rings is 1. The third kappa shape index (κ3) is 3.57. The molecule has 9 nitrogen and oxygen atoms in total. The maximum Gasteiger partial charge on any atom is 0.262 e. The van der Waals surface area contributed by atoms with Crippen LogP contribution in [0.3, 0.4) is 0 Å². The molecule has 0 radical (unpaired) electrons. The lowest BCUT2D eigenvalue weighted by Gasteiger charge is -2.41. The maximum atomic E-state index is 12.8. The first-order chi connectivity index (χ1) is 13.9. The molecule has 154 valence electrons. The second-order valence-corrected chi connectivity index (χ2v) is 7.74. The van der Waals surface area contributed by atoms with Crippen molar-refractivity contribution in [1.82, 2.24) is 20.9 Å². The summed E-state index contributed by atoms with van der Waals surface area (Å²) < 4.78 is 5.55. The number of nitrogens with one attached hydrogen (secondary N) is 3. The highest BCUT2D eigenvalue weighted by Crippen LogP contribution is 2.28. The fourth-order valence-corrected chi connectivity index (χ4v) is 4.00. The molecule has 2 saturated heterocycles. The summed E-state index contributed by atoms with van der Waals surface area (Å²) in [5.74, 6) is -1.96. The van der Waals surface area contributed by atoms with Crippen molar-refractivity contribution in [3.8, 4) is 0 Å². The van der Waals surface area contributed by atoms with Gasteiger partial charge in [-0.2, -0.15) is 0 Å². The molecule has 9 heteroatoms. The van der Waals surface area contributed by atoms with Gasteiger partial charge in [0.15, 0.2) is 0 Å². The summed E-state index contributed by atoms with van der Waals surface area (Å²) in [5, 5.41) is 8.75. The molecule has 0 spiro atoms. The Labute approximate surface area is 168 Å². The predicted octanol–water partition coefficient (Wildman–Crippen LogP) is -0.444. The van der Waals surface area contributed by atoms with E-state index in [1.807, 2.05) is 6.07 Å². The highest BCUT2D eigenvalue weighted by Gasteiger charge is 2.44. The molecule has 29 heavy (non-hydrogen) atoms. The van der Waals surface area contributed by atoms with Gasteiger partial charge < -0.3 is 15.4 Å². The van der Waals surface area contributed by atoms with E-state index in [9.17, 15) is 19.2 Å². The van der Waals surface area contributed by atoms with E-state index in [1.165, 1.54) is 0 Å². The Morgan fingerprint density at radius 3 is 2.59 bits per heavy atom. The minimum absolute atomic E-state index is 0.101. The first-order valence-corrected chi connectivity index (χ1v) is 9.75. The van der Waals surface area contributed by atoms with Gasteiger partial charge >= 0.3 is 0 Å². The summed E-state index contributed by atoms with van der Waals surface area (Å²) in [6.45, 7) is 3.01. The van der Waals surface area contributed by atoms with Crippen LogP contribution in [0, 0.1) is 0 Å². The van der Waals surface area contributed by atoms with E-state index in [0.29, 0.717) is 17.7 Å². The van der Waals surface area contributed by atoms with Crippen LogP contribution in [0.25, 0.3) is 0 Å². The quantitative estimate of drug-likeness (QED) is 0.419. The lowest BCUT2D eigenvalue weighted by Crippen LogP contribution is -2.61. The Morgan fingerprint density at radius 1 is 1.17 bits per heavy atom. The predicted molar refractivity (Wildman–Crippen MR) is 102 cm³/mol. The zero-order chi connectivity index (χ0) is 20.6. The van der Waals surface area contributed by atoms with E-state index in [1.54, 1.807) is 19.2 Å². The van der Waals surface area contributed by atoms with Crippen LogP contribution < -0.4 is 16.0 Å². The van der Waals surface area contributed by atoms with Crippen molar-refractivity contribution in [2.24, 2.45) is 0 Å². The van der Waals surface area contributed by atoms with Crippen molar-refractivity contribution >= 4 is 23.6 Å². The summed E-state index contributed by atoms with van der Waals surface area (Å²) in [6.07, 6.45) is 1.14. The van der Waals surface area contributed by atoms with Gasteiger partial charge in [-0.3, -0.25) is 29.4 Å². The van der Waals surface area contributed by atoms with Crippen LogP contribution in [0.4, 0.5) is 0 Å². The van der Waals surface area contributed by atoms with Crippen LogP contribution in [-0.4, -0.2) is 66.9 Å². The molecule has 4 rings (SSSR count). The molecule has 3 aliphatic rings. The molecule has 1 aromatic carbocycles. The van der Waals surface area contributed by atoms with Gasteiger partial charge in [0.2, 0.25) is 11.8 Å². The number of rotatable bonds is 7. The molecule has 3 heterocycles. The molecule has 4 amide bonds. The lowest BCUT2D eigenvalue weighted by atomic mass is 9.93. The summed E-state index contributed by atoms with van der Waals surface area (Å²) in [6, 6.07) is 4.20. The van der Waals surface area contributed by atoms with E-state index in [0.717, 1.165) is 36.5 Å². The van der Waals surface area contributed by atoms with Crippen LogP contribution in [-0.2, 0) is 20.9 Å². The molecule has 1 unspecified atom stereocenters. The largest absolute Gasteiger partial charge is 0.376 e. The van der Waals surface area contributed by atoms with Gasteiger partial charge in [0.05, 0.1) is 16.7 Å². The Kier molecular flexibility index (Phi) is 5.20. The Balaban J connectivity index is 1.40. The molecule has 0 saturated carbocycles. The van der Waals surface area contributed by atoms with E-state index in [2.05, 4.69) is 16.0 Å². The normalized spacial score (nSPS) is 23.1. The van der Waals surface area contributed by atoms with Crippen LogP contribution in [0.1, 0.15) is 45.5 Å². The number of carbonyl (C=O) groups is 4. The second-order valence-electron chi connectivity index (χ2n) is 7.74. The summed E-state index contributed by atoms with van der Waals surface area (Å²) >= 11 is 0. The van der Waals surface area contributed by atoms with Crippen molar-refractivity contribution in [3.63, 3.8) is 0 Å². The average molecular weight is 400 g/mol. The molecule has 0 bridgehead atoms. The fourth-order valence-electron chi connectivity index (χ4n) is 4.00. The SMILES string of the molecule is COC1(CCNCc2ccc3c(c2)C(=O)N(C2CCC(=O)NC2=O)C3=O)CNC1. The Bertz CT molecular complexity index is 874. The van der Waals surface area contributed by atoms with Crippen LogP contribution in [0.15, 0.2) is 18.2 Å². The number of ether oxygens (including phenoxy) is 1. The van der Waals surface area contributed by atoms with Gasteiger partial charge in [-0.1, -0.05) is 6.07 Å². The van der Waals surface area contributed by atoms with Gasteiger partial charge in [0.25, 0.3) is 11.8 Å². The number of carbonyl (C=O) groups excluding carboxylic acids is 4. The van der Waals surface area contributed by atoms with Crippen LogP contribution >= 0.6 is 0 Å². The highest BCUT2D eigenvalue weighted by molar-refractivity contribution is 6.23. The molecule has 3 aliphatic heterocycles. The minimum atomic E-state index is -0.942. The smallest absolute Gasteiger partial charge is 0.262 e. The summed E-state index contributed by atoms with van der Waals surface area (Å²) in [7, 11) is 1.72. The number of methoxy groups -OCH3 is 1. The first-order valence-electron chi connectivity index (χ1n) is 9.75. The third-order valence-corrected chi connectivity index (χ3v) is 5.92. The van der Waals surface area contributed by atoms with Gasteiger partial charge in [-0.15, -0.1) is 0 Å². The fraction of sp³-hybridized carbons (Fsp3) is 0.500. The molecular weight excluding hydrogens is 376 g/mol. The number of hydrogen-bond donors (Lipinski definition) is 3. The molecule has 1 aromatic rings. The van der Waals surface area contributed by atoms with Crippen LogP contribution in [0.2, 0.25) is 0 Å². The summed E-state index contributed by atoms with van der Waals surface area (Å²) in [5.41, 5.74) is 1.38. The van der Waals surface area contributed by atoms with Gasteiger partial charge in [0.1, 0.15) is 6.04 Å². The van der Waals surface area contributed by atoms with Crippen molar-refractivity contribution in [3.05, 3.63) is 34.9 Å². The van der Waals surface area contributed by atoms with Gasteiger partial charge in [0, 0.05) is 33.2 Å². The molecule has 2 fully saturated rings. The number of nitrogens with zero attached hydrogens (tertiary/aromatic N) is 1. The lowest BCUT2D eigenvalue weighted by molar-refractivity contribution is -0.136. The van der Waals surface area contributed by atoms with Crippen LogP contribution in [0.5, 0.6) is 0 Å².